The third-order valence-electron chi connectivity index (χ3n) is 4.87. The lowest BCUT2D eigenvalue weighted by atomic mass is 10.2. The molecule has 168 valence electrons. The minimum absolute atomic E-state index is 0.0446. The maximum Gasteiger partial charge on any atom is 0.416 e. The van der Waals surface area contributed by atoms with E-state index < -0.39 is 23.2 Å². The molecule has 32 heavy (non-hydrogen) atoms. The number of nitrogens with zero attached hydrogens (tertiary/aromatic N) is 3. The fourth-order valence-corrected chi connectivity index (χ4v) is 3.48. The molecule has 3 aromatic rings. The average molecular weight is 462 g/mol. The predicted molar refractivity (Wildman–Crippen MR) is 121 cm³/mol. The Labute approximate surface area is 187 Å². The topological polar surface area (TPSA) is 73.6 Å². The molecule has 0 aliphatic heterocycles. The molecule has 2 N–H and O–H groups in total. The number of alkyl halides is 3. The van der Waals surface area contributed by atoms with Crippen molar-refractivity contribution < 1.29 is 18.3 Å². The summed E-state index contributed by atoms with van der Waals surface area (Å²) in [5.74, 6) is -0.610. The van der Waals surface area contributed by atoms with Crippen molar-refractivity contribution in [3.8, 4) is 11.6 Å². The smallest absolute Gasteiger partial charge is 0.416 e. The summed E-state index contributed by atoms with van der Waals surface area (Å²) in [5.41, 5.74) is -0.342. The summed E-state index contributed by atoms with van der Waals surface area (Å²) in [5, 5.41) is 10.7. The maximum atomic E-state index is 13.1. The van der Waals surface area contributed by atoms with Crippen LogP contribution in [0.4, 0.5) is 24.5 Å². The Morgan fingerprint density at radius 1 is 1.16 bits per heavy atom. The molecule has 0 atom stereocenters. The van der Waals surface area contributed by atoms with Crippen molar-refractivity contribution in [2.45, 2.75) is 20.0 Å². The van der Waals surface area contributed by atoms with E-state index in [-0.39, 0.29) is 16.0 Å². The highest BCUT2D eigenvalue weighted by atomic mass is 32.1. The fraction of sp³-hybridized carbons (Fsp3) is 0.227. The van der Waals surface area contributed by atoms with Gasteiger partial charge in [-0.15, -0.1) is 0 Å². The fourth-order valence-electron chi connectivity index (χ4n) is 3.19. The molecule has 0 radical (unpaired) electrons. The lowest BCUT2D eigenvalue weighted by molar-refractivity contribution is -0.137. The molecule has 10 heteroatoms. The van der Waals surface area contributed by atoms with Crippen LogP contribution in [0.1, 0.15) is 25.0 Å². The number of rotatable bonds is 6. The van der Waals surface area contributed by atoms with Crippen LogP contribution in [-0.4, -0.2) is 34.0 Å². The Hall–Kier alpha value is -3.40. The number of halogens is 3. The van der Waals surface area contributed by atoms with Gasteiger partial charge in [-0.2, -0.15) is 13.2 Å². The van der Waals surface area contributed by atoms with Gasteiger partial charge >= 0.3 is 6.18 Å². The molecule has 3 rings (SSSR count). The number of aromatic hydroxyl groups is 1. The summed E-state index contributed by atoms with van der Waals surface area (Å²) in [4.78, 5) is 21.1. The van der Waals surface area contributed by atoms with Crippen LogP contribution in [0, 0.1) is 4.77 Å². The Bertz CT molecular complexity index is 1240. The van der Waals surface area contributed by atoms with Gasteiger partial charge < -0.3 is 10.0 Å². The van der Waals surface area contributed by atoms with Gasteiger partial charge in [0.05, 0.1) is 16.9 Å². The first kappa shape index (κ1) is 23.3. The first-order valence-corrected chi connectivity index (χ1v) is 10.2. The number of hydrogen-bond acceptors (Lipinski definition) is 5. The summed E-state index contributed by atoms with van der Waals surface area (Å²) >= 11 is 5.06. The van der Waals surface area contributed by atoms with E-state index in [9.17, 15) is 23.1 Å². The molecule has 1 aromatic heterocycles. The van der Waals surface area contributed by atoms with Crippen molar-refractivity contribution in [3.05, 3.63) is 74.8 Å². The van der Waals surface area contributed by atoms with Gasteiger partial charge in [0, 0.05) is 25.0 Å². The minimum atomic E-state index is -4.57. The van der Waals surface area contributed by atoms with E-state index in [2.05, 4.69) is 14.9 Å². The molecule has 0 aliphatic carbocycles. The largest absolute Gasteiger partial charge is 0.494 e. The molecule has 1 heterocycles. The molecule has 2 aromatic carbocycles. The summed E-state index contributed by atoms with van der Waals surface area (Å²) in [6.07, 6.45) is -3.42. The average Bonchev–Trinajstić information content (AvgIpc) is 2.75. The Morgan fingerprint density at radius 2 is 1.81 bits per heavy atom. The van der Waals surface area contributed by atoms with Gasteiger partial charge in [0.25, 0.3) is 5.56 Å². The highest BCUT2D eigenvalue weighted by Gasteiger charge is 2.30. The molecule has 0 aliphatic rings. The van der Waals surface area contributed by atoms with Crippen LogP contribution in [0.2, 0.25) is 0 Å². The standard InChI is InChI=1S/C22H21F3N4O2S/c1-3-28(4-2)16-10-8-15(9-11-16)26-13-18-19(30)27-21(32)29(20(18)31)17-7-5-6-14(12-17)22(23,24)25/h5-13,31H,3-4H2,1-2H3,(H,27,30,32). The van der Waals surface area contributed by atoms with Crippen LogP contribution in [0.15, 0.2) is 58.3 Å². The monoisotopic (exact) mass is 462 g/mol. The Kier molecular flexibility index (Phi) is 6.83. The van der Waals surface area contributed by atoms with Crippen LogP contribution in [0.3, 0.4) is 0 Å². The number of hydrogen-bond donors (Lipinski definition) is 2. The van der Waals surface area contributed by atoms with E-state index in [0.29, 0.717) is 5.69 Å². The van der Waals surface area contributed by atoms with Gasteiger partial charge in [0.15, 0.2) is 4.77 Å². The Morgan fingerprint density at radius 3 is 2.41 bits per heavy atom. The van der Waals surface area contributed by atoms with Gasteiger partial charge in [0.2, 0.25) is 5.88 Å². The second-order valence-electron chi connectivity index (χ2n) is 6.83. The third-order valence-corrected chi connectivity index (χ3v) is 5.16. The number of aromatic nitrogens is 2. The molecule has 0 saturated heterocycles. The van der Waals surface area contributed by atoms with E-state index >= 15 is 0 Å². The van der Waals surface area contributed by atoms with E-state index in [1.165, 1.54) is 12.1 Å². The zero-order valence-corrected chi connectivity index (χ0v) is 18.2. The van der Waals surface area contributed by atoms with Crippen LogP contribution in [0.5, 0.6) is 5.88 Å². The number of anilines is 1. The van der Waals surface area contributed by atoms with Crippen molar-refractivity contribution in [1.29, 1.82) is 0 Å². The first-order chi connectivity index (χ1) is 15.2. The molecule has 0 amide bonds. The number of aromatic amines is 1. The van der Waals surface area contributed by atoms with Gasteiger partial charge in [-0.3, -0.25) is 19.3 Å². The lowest BCUT2D eigenvalue weighted by Crippen LogP contribution is -2.21. The quantitative estimate of drug-likeness (QED) is 0.389. The van der Waals surface area contributed by atoms with Crippen LogP contribution in [-0.2, 0) is 6.18 Å². The van der Waals surface area contributed by atoms with Gasteiger partial charge in [-0.05, 0) is 68.5 Å². The molecule has 0 spiro atoms. The van der Waals surface area contributed by atoms with Crippen molar-refractivity contribution in [2.75, 3.05) is 18.0 Å². The SMILES string of the molecule is CCN(CC)c1ccc(N=Cc2c(O)n(-c3cccc(C(F)(F)F)c3)c(=S)[nH]c2=O)cc1. The zero-order chi connectivity index (χ0) is 23.5. The number of benzene rings is 2. The summed E-state index contributed by atoms with van der Waals surface area (Å²) < 4.78 is 40.0. The van der Waals surface area contributed by atoms with Crippen LogP contribution >= 0.6 is 12.2 Å². The zero-order valence-electron chi connectivity index (χ0n) is 17.3. The second-order valence-corrected chi connectivity index (χ2v) is 7.21. The molecule has 0 fully saturated rings. The molecule has 0 unspecified atom stereocenters. The van der Waals surface area contributed by atoms with Crippen molar-refractivity contribution in [3.63, 3.8) is 0 Å². The first-order valence-electron chi connectivity index (χ1n) is 9.80. The van der Waals surface area contributed by atoms with Gasteiger partial charge in [-0.1, -0.05) is 6.07 Å². The lowest BCUT2D eigenvalue weighted by Gasteiger charge is -2.20. The number of aliphatic imine (C=N–C) groups is 1. The summed E-state index contributed by atoms with van der Waals surface area (Å²) in [6.45, 7) is 5.80. The minimum Gasteiger partial charge on any atom is -0.494 e. The van der Waals surface area contributed by atoms with E-state index in [1.807, 2.05) is 26.0 Å². The van der Waals surface area contributed by atoms with E-state index in [4.69, 9.17) is 12.2 Å². The highest BCUT2D eigenvalue weighted by Crippen LogP contribution is 2.31. The maximum absolute atomic E-state index is 13.1. The normalized spacial score (nSPS) is 11.8. The van der Waals surface area contributed by atoms with Crippen LogP contribution < -0.4 is 10.5 Å². The highest BCUT2D eigenvalue weighted by molar-refractivity contribution is 7.71. The summed E-state index contributed by atoms with van der Waals surface area (Å²) in [6, 6.07) is 11.6. The van der Waals surface area contributed by atoms with E-state index in [1.54, 1.807) is 12.1 Å². The van der Waals surface area contributed by atoms with Gasteiger partial charge in [-0.25, -0.2) is 0 Å². The predicted octanol–water partition coefficient (Wildman–Crippen LogP) is 5.22. The molecule has 0 bridgehead atoms. The number of nitrogens with one attached hydrogen (secondary N) is 1. The van der Waals surface area contributed by atoms with E-state index in [0.717, 1.165) is 41.7 Å². The Balaban J connectivity index is 2.01. The van der Waals surface area contributed by atoms with Crippen molar-refractivity contribution >= 4 is 29.8 Å². The summed E-state index contributed by atoms with van der Waals surface area (Å²) in [7, 11) is 0. The second kappa shape index (κ2) is 9.39. The van der Waals surface area contributed by atoms with Crippen molar-refractivity contribution in [2.24, 2.45) is 4.99 Å². The molecular formula is C22H21F3N4O2S. The molecular weight excluding hydrogens is 441 g/mol. The van der Waals surface area contributed by atoms with Gasteiger partial charge in [0.1, 0.15) is 5.56 Å². The molecule has 0 saturated carbocycles. The molecule has 6 nitrogen and oxygen atoms in total. The van der Waals surface area contributed by atoms with Crippen molar-refractivity contribution in [1.82, 2.24) is 9.55 Å². The van der Waals surface area contributed by atoms with Crippen LogP contribution in [0.25, 0.3) is 5.69 Å². The number of H-pyrrole nitrogens is 1. The third kappa shape index (κ3) is 4.91.